The summed E-state index contributed by atoms with van der Waals surface area (Å²) in [6.45, 7) is 2.28. The summed E-state index contributed by atoms with van der Waals surface area (Å²) < 4.78 is 0. The predicted octanol–water partition coefficient (Wildman–Crippen LogP) is 2.31. The second-order valence-corrected chi connectivity index (χ2v) is 5.29. The number of hydrogen-bond acceptors (Lipinski definition) is 2. The molecule has 1 fully saturated rings. The molecule has 0 unspecified atom stereocenters. The molecule has 0 aromatic heterocycles. The van der Waals surface area contributed by atoms with Crippen LogP contribution in [0.1, 0.15) is 5.56 Å². The largest absolute Gasteiger partial charge is 0.342 e. The molecular formula is C14H14Cl2N2O2. The van der Waals surface area contributed by atoms with E-state index in [0.717, 1.165) is 12.0 Å². The molecule has 1 saturated heterocycles. The first-order valence-electron chi connectivity index (χ1n) is 6.21. The Hall–Kier alpha value is -1.52. The van der Waals surface area contributed by atoms with Gasteiger partial charge in [-0.15, -0.1) is 0 Å². The summed E-state index contributed by atoms with van der Waals surface area (Å²) in [6, 6.07) is 5.19. The molecule has 0 saturated carbocycles. The number of benzene rings is 1. The minimum Gasteiger partial charge on any atom is -0.342 e. The lowest BCUT2D eigenvalue weighted by Gasteiger charge is -2.31. The third kappa shape index (κ3) is 3.74. The van der Waals surface area contributed by atoms with Crippen molar-refractivity contribution >= 4 is 41.6 Å². The van der Waals surface area contributed by atoms with Crippen molar-refractivity contribution in [1.29, 1.82) is 0 Å². The van der Waals surface area contributed by atoms with Crippen molar-refractivity contribution in [3.63, 3.8) is 0 Å². The monoisotopic (exact) mass is 312 g/mol. The van der Waals surface area contributed by atoms with Gasteiger partial charge in [-0.3, -0.25) is 9.59 Å². The molecular weight excluding hydrogens is 299 g/mol. The van der Waals surface area contributed by atoms with E-state index < -0.39 is 0 Å². The van der Waals surface area contributed by atoms with Crippen LogP contribution in [0.25, 0.3) is 6.08 Å². The lowest BCUT2D eigenvalue weighted by Crippen LogP contribution is -2.47. The van der Waals surface area contributed by atoms with Gasteiger partial charge < -0.3 is 9.80 Å². The van der Waals surface area contributed by atoms with E-state index in [1.54, 1.807) is 34.1 Å². The van der Waals surface area contributed by atoms with Crippen LogP contribution in [-0.4, -0.2) is 48.3 Å². The van der Waals surface area contributed by atoms with Gasteiger partial charge in [-0.25, -0.2) is 0 Å². The maximum Gasteiger partial charge on any atom is 0.246 e. The van der Waals surface area contributed by atoms with Crippen LogP contribution in [0.2, 0.25) is 10.0 Å². The van der Waals surface area contributed by atoms with Gasteiger partial charge in [-0.2, -0.15) is 0 Å². The van der Waals surface area contributed by atoms with Gasteiger partial charge in [0.1, 0.15) is 0 Å². The molecule has 0 bridgehead atoms. The van der Waals surface area contributed by atoms with Gasteiger partial charge in [0.2, 0.25) is 12.3 Å². The van der Waals surface area contributed by atoms with Crippen LogP contribution < -0.4 is 0 Å². The third-order valence-corrected chi connectivity index (χ3v) is 3.88. The van der Waals surface area contributed by atoms with Crippen LogP contribution in [0, 0.1) is 0 Å². The number of piperazine rings is 1. The van der Waals surface area contributed by atoms with Gasteiger partial charge in [0.15, 0.2) is 0 Å². The van der Waals surface area contributed by atoms with Crippen LogP contribution in [0.3, 0.4) is 0 Å². The molecule has 1 aliphatic rings. The average Bonchev–Trinajstić information content (AvgIpc) is 2.48. The molecule has 2 amide bonds. The fraction of sp³-hybridized carbons (Fsp3) is 0.286. The Morgan fingerprint density at radius 2 is 1.80 bits per heavy atom. The summed E-state index contributed by atoms with van der Waals surface area (Å²) in [6.07, 6.45) is 4.03. The Kier molecular flexibility index (Phi) is 5.04. The molecule has 1 heterocycles. The molecule has 20 heavy (non-hydrogen) atoms. The number of rotatable bonds is 3. The Bertz CT molecular complexity index is 538. The summed E-state index contributed by atoms with van der Waals surface area (Å²) in [5.74, 6) is -0.0679. The molecule has 6 heteroatoms. The SMILES string of the molecule is O=CN1CCN(C(=O)/C=C/c2ccc(Cl)c(Cl)c2)CC1. The standard InChI is InChI=1S/C14H14Cl2N2O2/c15-12-3-1-11(9-13(12)16)2-4-14(20)18-7-5-17(10-19)6-8-18/h1-4,9-10H,5-8H2/b4-2+. The number of amides is 2. The summed E-state index contributed by atoms with van der Waals surface area (Å²) in [7, 11) is 0. The lowest BCUT2D eigenvalue weighted by molar-refractivity contribution is -0.130. The zero-order valence-corrected chi connectivity index (χ0v) is 12.3. The van der Waals surface area contributed by atoms with Crippen LogP contribution in [-0.2, 0) is 9.59 Å². The number of carbonyl (C=O) groups is 2. The number of carbonyl (C=O) groups excluding carboxylic acids is 2. The van der Waals surface area contributed by atoms with E-state index in [0.29, 0.717) is 36.2 Å². The van der Waals surface area contributed by atoms with E-state index in [4.69, 9.17) is 23.2 Å². The van der Waals surface area contributed by atoms with Crippen LogP contribution in [0.15, 0.2) is 24.3 Å². The van der Waals surface area contributed by atoms with Crippen molar-refractivity contribution in [2.24, 2.45) is 0 Å². The van der Waals surface area contributed by atoms with Crippen molar-refractivity contribution in [2.45, 2.75) is 0 Å². The molecule has 2 rings (SSSR count). The Balaban J connectivity index is 1.95. The number of nitrogens with zero attached hydrogens (tertiary/aromatic N) is 2. The summed E-state index contributed by atoms with van der Waals surface area (Å²) in [5.41, 5.74) is 0.819. The Labute approximate surface area is 127 Å². The van der Waals surface area contributed by atoms with E-state index in [9.17, 15) is 9.59 Å². The maximum atomic E-state index is 12.0. The fourth-order valence-electron chi connectivity index (χ4n) is 1.94. The highest BCUT2D eigenvalue weighted by Gasteiger charge is 2.17. The molecule has 4 nitrogen and oxygen atoms in total. The highest BCUT2D eigenvalue weighted by molar-refractivity contribution is 6.42. The second kappa shape index (κ2) is 6.77. The third-order valence-electron chi connectivity index (χ3n) is 3.14. The van der Waals surface area contributed by atoms with Gasteiger partial charge in [0, 0.05) is 32.3 Å². The average molecular weight is 313 g/mol. The highest BCUT2D eigenvalue weighted by Crippen LogP contribution is 2.23. The summed E-state index contributed by atoms with van der Waals surface area (Å²) in [4.78, 5) is 26.0. The zero-order chi connectivity index (χ0) is 14.5. The van der Waals surface area contributed by atoms with Gasteiger partial charge in [0.05, 0.1) is 10.0 Å². The molecule has 1 aliphatic heterocycles. The van der Waals surface area contributed by atoms with Crippen molar-refractivity contribution in [1.82, 2.24) is 9.80 Å². The van der Waals surface area contributed by atoms with Crippen LogP contribution in [0.4, 0.5) is 0 Å². The Morgan fingerprint density at radius 1 is 1.10 bits per heavy atom. The molecule has 1 aromatic rings. The van der Waals surface area contributed by atoms with Crippen molar-refractivity contribution in [3.05, 3.63) is 39.9 Å². The highest BCUT2D eigenvalue weighted by atomic mass is 35.5. The second-order valence-electron chi connectivity index (χ2n) is 4.47. The minimum atomic E-state index is -0.0679. The van der Waals surface area contributed by atoms with Crippen molar-refractivity contribution < 1.29 is 9.59 Å². The smallest absolute Gasteiger partial charge is 0.246 e. The first kappa shape index (κ1) is 14.9. The predicted molar refractivity (Wildman–Crippen MR) is 79.7 cm³/mol. The van der Waals surface area contributed by atoms with E-state index in [1.807, 2.05) is 0 Å². The topological polar surface area (TPSA) is 40.6 Å². The Morgan fingerprint density at radius 3 is 2.40 bits per heavy atom. The van der Waals surface area contributed by atoms with Gasteiger partial charge >= 0.3 is 0 Å². The molecule has 0 spiro atoms. The van der Waals surface area contributed by atoms with E-state index >= 15 is 0 Å². The molecule has 106 valence electrons. The van der Waals surface area contributed by atoms with Crippen LogP contribution >= 0.6 is 23.2 Å². The van der Waals surface area contributed by atoms with Gasteiger partial charge in [-0.05, 0) is 23.8 Å². The summed E-state index contributed by atoms with van der Waals surface area (Å²) in [5, 5.41) is 0.945. The van der Waals surface area contributed by atoms with Gasteiger partial charge in [0.25, 0.3) is 0 Å². The fourth-order valence-corrected chi connectivity index (χ4v) is 2.24. The number of hydrogen-bond donors (Lipinski definition) is 0. The van der Waals surface area contributed by atoms with E-state index in [2.05, 4.69) is 0 Å². The first-order valence-corrected chi connectivity index (χ1v) is 6.97. The summed E-state index contributed by atoms with van der Waals surface area (Å²) >= 11 is 11.7. The van der Waals surface area contributed by atoms with E-state index in [-0.39, 0.29) is 5.91 Å². The molecule has 0 N–H and O–H groups in total. The van der Waals surface area contributed by atoms with E-state index in [1.165, 1.54) is 6.08 Å². The minimum absolute atomic E-state index is 0.0679. The first-order chi connectivity index (χ1) is 9.60. The molecule has 0 atom stereocenters. The normalized spacial score (nSPS) is 15.7. The van der Waals surface area contributed by atoms with Gasteiger partial charge in [-0.1, -0.05) is 29.3 Å². The molecule has 0 radical (unpaired) electrons. The zero-order valence-electron chi connectivity index (χ0n) is 10.8. The quantitative estimate of drug-likeness (QED) is 0.635. The maximum absolute atomic E-state index is 12.0. The lowest BCUT2D eigenvalue weighted by atomic mass is 10.2. The molecule has 0 aliphatic carbocycles. The van der Waals surface area contributed by atoms with Crippen molar-refractivity contribution in [2.75, 3.05) is 26.2 Å². The molecule has 1 aromatic carbocycles. The van der Waals surface area contributed by atoms with Crippen molar-refractivity contribution in [3.8, 4) is 0 Å². The van der Waals surface area contributed by atoms with Crippen LogP contribution in [0.5, 0.6) is 0 Å². The number of halogens is 2.